The topological polar surface area (TPSA) is 60.9 Å². The van der Waals surface area contributed by atoms with Crippen LogP contribution in [-0.4, -0.2) is 54.4 Å². The maximum absolute atomic E-state index is 12.1. The summed E-state index contributed by atoms with van der Waals surface area (Å²) in [6.45, 7) is 4.71. The zero-order valence-electron chi connectivity index (χ0n) is 9.39. The molecule has 90 valence electrons. The fourth-order valence-electron chi connectivity index (χ4n) is 1.65. The predicted molar refractivity (Wildman–Crippen MR) is 58.7 cm³/mol. The summed E-state index contributed by atoms with van der Waals surface area (Å²) in [4.78, 5) is 0. The van der Waals surface area contributed by atoms with Crippen molar-refractivity contribution in [2.24, 2.45) is 0 Å². The van der Waals surface area contributed by atoms with Crippen LogP contribution in [0.2, 0.25) is 0 Å². The van der Waals surface area contributed by atoms with E-state index < -0.39 is 10.2 Å². The first-order chi connectivity index (χ1) is 7.07. The van der Waals surface area contributed by atoms with Crippen molar-refractivity contribution in [1.82, 2.24) is 8.61 Å². The summed E-state index contributed by atoms with van der Waals surface area (Å²) in [6.07, 6.45) is 1.83. The lowest BCUT2D eigenvalue weighted by Crippen LogP contribution is -2.45. The van der Waals surface area contributed by atoms with Crippen LogP contribution in [-0.2, 0) is 10.2 Å². The van der Waals surface area contributed by atoms with Gasteiger partial charge in [0, 0.05) is 25.7 Å². The molecule has 0 aromatic rings. The molecule has 1 aliphatic carbocycles. The van der Waals surface area contributed by atoms with E-state index in [0.717, 1.165) is 12.8 Å². The Morgan fingerprint density at radius 3 is 2.13 bits per heavy atom. The maximum Gasteiger partial charge on any atom is 0.282 e. The third-order valence-electron chi connectivity index (χ3n) is 2.60. The first kappa shape index (κ1) is 12.9. The molecule has 0 atom stereocenters. The molecular weight excluding hydrogens is 216 g/mol. The Bertz CT molecular complexity index is 284. The summed E-state index contributed by atoms with van der Waals surface area (Å²) in [6, 6.07) is 0.114. The van der Waals surface area contributed by atoms with Crippen LogP contribution in [0.4, 0.5) is 0 Å². The second-order valence-electron chi connectivity index (χ2n) is 3.66. The van der Waals surface area contributed by atoms with Gasteiger partial charge < -0.3 is 5.11 Å². The molecule has 6 heteroatoms. The van der Waals surface area contributed by atoms with Gasteiger partial charge in [-0.15, -0.1) is 0 Å². The highest BCUT2D eigenvalue weighted by Crippen LogP contribution is 2.29. The number of hydrogen-bond acceptors (Lipinski definition) is 3. The maximum atomic E-state index is 12.1. The molecule has 1 aliphatic rings. The van der Waals surface area contributed by atoms with Gasteiger partial charge in [0.1, 0.15) is 0 Å². The molecular formula is C9H20N2O3S. The standard InChI is InChI=1S/C9H20N2O3S/c1-3-10(4-2)15(13,14)11(7-8-12)9-5-6-9/h9,12H,3-8H2,1-2H3. The Hall–Kier alpha value is -0.170. The molecule has 1 saturated carbocycles. The van der Waals surface area contributed by atoms with Gasteiger partial charge in [-0.1, -0.05) is 13.8 Å². The average molecular weight is 236 g/mol. The Morgan fingerprint density at radius 2 is 1.80 bits per heavy atom. The quantitative estimate of drug-likeness (QED) is 0.678. The van der Waals surface area contributed by atoms with Gasteiger partial charge in [-0.05, 0) is 12.8 Å². The van der Waals surface area contributed by atoms with Crippen LogP contribution >= 0.6 is 0 Å². The van der Waals surface area contributed by atoms with Crippen molar-refractivity contribution in [3.63, 3.8) is 0 Å². The van der Waals surface area contributed by atoms with Crippen LogP contribution < -0.4 is 0 Å². The van der Waals surface area contributed by atoms with Crippen molar-refractivity contribution in [3.8, 4) is 0 Å². The minimum Gasteiger partial charge on any atom is -0.395 e. The molecule has 15 heavy (non-hydrogen) atoms. The number of hydrogen-bond donors (Lipinski definition) is 1. The van der Waals surface area contributed by atoms with E-state index in [9.17, 15) is 8.42 Å². The van der Waals surface area contributed by atoms with Crippen molar-refractivity contribution in [2.75, 3.05) is 26.2 Å². The Kier molecular flexibility index (Phi) is 4.51. The fraction of sp³-hybridized carbons (Fsp3) is 1.00. The van der Waals surface area contributed by atoms with Crippen LogP contribution in [0.1, 0.15) is 26.7 Å². The zero-order chi connectivity index (χ0) is 11.5. The number of aliphatic hydroxyl groups excluding tert-OH is 1. The third kappa shape index (κ3) is 2.90. The molecule has 5 nitrogen and oxygen atoms in total. The molecule has 0 saturated heterocycles. The van der Waals surface area contributed by atoms with Gasteiger partial charge in [0.2, 0.25) is 0 Å². The molecule has 1 fully saturated rings. The molecule has 1 N–H and O–H groups in total. The largest absolute Gasteiger partial charge is 0.395 e. The third-order valence-corrected chi connectivity index (χ3v) is 4.84. The molecule has 0 amide bonds. The van der Waals surface area contributed by atoms with E-state index in [1.807, 2.05) is 13.8 Å². The summed E-state index contributed by atoms with van der Waals surface area (Å²) in [5.74, 6) is 0. The molecule has 0 aromatic heterocycles. The van der Waals surface area contributed by atoms with Gasteiger partial charge in [0.05, 0.1) is 6.61 Å². The summed E-state index contributed by atoms with van der Waals surface area (Å²) in [7, 11) is -3.36. The van der Waals surface area contributed by atoms with Crippen molar-refractivity contribution in [2.45, 2.75) is 32.7 Å². The molecule has 0 aliphatic heterocycles. The zero-order valence-corrected chi connectivity index (χ0v) is 10.2. The predicted octanol–water partition coefficient (Wildman–Crippen LogP) is 0.0297. The monoisotopic (exact) mass is 236 g/mol. The van der Waals surface area contributed by atoms with Gasteiger partial charge in [-0.3, -0.25) is 0 Å². The van der Waals surface area contributed by atoms with Crippen LogP contribution in [0.25, 0.3) is 0 Å². The molecule has 0 spiro atoms. The SMILES string of the molecule is CCN(CC)S(=O)(=O)N(CCO)C1CC1. The van der Waals surface area contributed by atoms with E-state index >= 15 is 0 Å². The molecule has 0 unspecified atom stereocenters. The van der Waals surface area contributed by atoms with Gasteiger partial charge >= 0.3 is 0 Å². The minimum absolute atomic E-state index is 0.114. The van der Waals surface area contributed by atoms with Gasteiger partial charge in [0.25, 0.3) is 10.2 Å². The van der Waals surface area contributed by atoms with Gasteiger partial charge in [-0.2, -0.15) is 17.0 Å². The van der Waals surface area contributed by atoms with Crippen molar-refractivity contribution in [1.29, 1.82) is 0 Å². The number of aliphatic hydroxyl groups is 1. The normalized spacial score (nSPS) is 17.7. The van der Waals surface area contributed by atoms with E-state index in [1.54, 1.807) is 0 Å². The van der Waals surface area contributed by atoms with E-state index in [2.05, 4.69) is 0 Å². The first-order valence-electron chi connectivity index (χ1n) is 5.45. The summed E-state index contributed by atoms with van der Waals surface area (Å²) >= 11 is 0. The minimum atomic E-state index is -3.36. The number of nitrogens with zero attached hydrogens (tertiary/aromatic N) is 2. The smallest absolute Gasteiger partial charge is 0.282 e. The highest BCUT2D eigenvalue weighted by Gasteiger charge is 2.38. The Morgan fingerprint density at radius 1 is 1.27 bits per heavy atom. The van der Waals surface area contributed by atoms with E-state index in [0.29, 0.717) is 13.1 Å². The van der Waals surface area contributed by atoms with Gasteiger partial charge in [-0.25, -0.2) is 0 Å². The van der Waals surface area contributed by atoms with E-state index in [-0.39, 0.29) is 19.2 Å². The summed E-state index contributed by atoms with van der Waals surface area (Å²) < 4.78 is 27.1. The van der Waals surface area contributed by atoms with E-state index in [4.69, 9.17) is 5.11 Å². The molecule has 0 heterocycles. The van der Waals surface area contributed by atoms with Crippen LogP contribution in [0.15, 0.2) is 0 Å². The van der Waals surface area contributed by atoms with E-state index in [1.165, 1.54) is 8.61 Å². The number of rotatable bonds is 7. The van der Waals surface area contributed by atoms with Crippen molar-refractivity contribution < 1.29 is 13.5 Å². The fourth-order valence-corrected chi connectivity index (χ4v) is 3.49. The second kappa shape index (κ2) is 5.25. The Labute approximate surface area is 91.9 Å². The van der Waals surface area contributed by atoms with Crippen molar-refractivity contribution >= 4 is 10.2 Å². The molecule has 0 aromatic carbocycles. The molecule has 0 radical (unpaired) electrons. The first-order valence-corrected chi connectivity index (χ1v) is 6.85. The lowest BCUT2D eigenvalue weighted by molar-refractivity contribution is 0.241. The lowest BCUT2D eigenvalue weighted by atomic mass is 10.6. The Balaban J connectivity index is 2.79. The summed E-state index contributed by atoms with van der Waals surface area (Å²) in [5, 5.41) is 8.88. The summed E-state index contributed by atoms with van der Waals surface area (Å²) in [5.41, 5.74) is 0. The lowest BCUT2D eigenvalue weighted by Gasteiger charge is -2.27. The van der Waals surface area contributed by atoms with Crippen molar-refractivity contribution in [3.05, 3.63) is 0 Å². The average Bonchev–Trinajstić information content (AvgIpc) is 2.98. The van der Waals surface area contributed by atoms with Crippen LogP contribution in [0.5, 0.6) is 0 Å². The van der Waals surface area contributed by atoms with Gasteiger partial charge in [0.15, 0.2) is 0 Å². The highest BCUT2D eigenvalue weighted by molar-refractivity contribution is 7.86. The van der Waals surface area contributed by atoms with Crippen LogP contribution in [0.3, 0.4) is 0 Å². The highest BCUT2D eigenvalue weighted by atomic mass is 32.2. The molecule has 1 rings (SSSR count). The molecule has 0 bridgehead atoms. The second-order valence-corrected chi connectivity index (χ2v) is 5.54. The van der Waals surface area contributed by atoms with Crippen LogP contribution in [0, 0.1) is 0 Å².